The van der Waals surface area contributed by atoms with Gasteiger partial charge in [-0.05, 0) is 42.9 Å². The molecule has 0 heterocycles. The molecule has 0 saturated heterocycles. The van der Waals surface area contributed by atoms with Gasteiger partial charge < -0.3 is 5.11 Å². The van der Waals surface area contributed by atoms with Crippen molar-refractivity contribution in [2.24, 2.45) is 0 Å². The predicted molar refractivity (Wildman–Crippen MR) is 90.4 cm³/mol. The molecule has 2 aromatic carbocycles. The van der Waals surface area contributed by atoms with Crippen molar-refractivity contribution in [1.82, 2.24) is 0 Å². The Labute approximate surface area is 132 Å². The van der Waals surface area contributed by atoms with Gasteiger partial charge in [0.15, 0.2) is 0 Å². The highest BCUT2D eigenvalue weighted by atomic mass is 16.4. The number of hydrogen-bond donors (Lipinski definition) is 1. The first-order valence-corrected chi connectivity index (χ1v) is 7.72. The molecule has 2 heteroatoms. The van der Waals surface area contributed by atoms with Gasteiger partial charge in [-0.25, -0.2) is 0 Å². The Morgan fingerprint density at radius 2 is 1.59 bits per heavy atom. The summed E-state index contributed by atoms with van der Waals surface area (Å²) in [6, 6.07) is 16.1. The van der Waals surface area contributed by atoms with Gasteiger partial charge >= 0.3 is 5.97 Å². The number of benzene rings is 2. The molecule has 1 atom stereocenters. The fourth-order valence-electron chi connectivity index (χ4n) is 2.65. The summed E-state index contributed by atoms with van der Waals surface area (Å²) in [7, 11) is 0. The summed E-state index contributed by atoms with van der Waals surface area (Å²) in [5, 5.41) is 9.76. The lowest BCUT2D eigenvalue weighted by Gasteiger charge is -2.26. The fraction of sp³-hybridized carbons (Fsp3) is 0.350. The monoisotopic (exact) mass is 296 g/mol. The standard InChI is InChI=1S/C20H24O2/c1-14(2)17-9-7-16(8-10-17)13-20(4,19(21)22)18-11-5-15(3)6-12-18/h5-12,14H,13H2,1-4H3,(H,21,22). The predicted octanol–water partition coefficient (Wildman–Crippen LogP) is 4.70. The highest BCUT2D eigenvalue weighted by molar-refractivity contribution is 5.81. The van der Waals surface area contributed by atoms with Crippen LogP contribution in [0.4, 0.5) is 0 Å². The van der Waals surface area contributed by atoms with Gasteiger partial charge in [-0.3, -0.25) is 4.79 Å². The Morgan fingerprint density at radius 1 is 1.05 bits per heavy atom. The van der Waals surface area contributed by atoms with Crippen LogP contribution in [0, 0.1) is 6.92 Å². The zero-order valence-electron chi connectivity index (χ0n) is 13.8. The number of carbonyl (C=O) groups is 1. The molecule has 1 N–H and O–H groups in total. The summed E-state index contributed by atoms with van der Waals surface area (Å²) in [6.45, 7) is 8.12. The summed E-state index contributed by atoms with van der Waals surface area (Å²) >= 11 is 0. The lowest BCUT2D eigenvalue weighted by atomic mass is 9.77. The van der Waals surface area contributed by atoms with Crippen LogP contribution in [-0.2, 0) is 16.6 Å². The molecular weight excluding hydrogens is 272 g/mol. The van der Waals surface area contributed by atoms with E-state index in [1.165, 1.54) is 5.56 Å². The molecule has 0 fully saturated rings. The van der Waals surface area contributed by atoms with Gasteiger partial charge in [0.2, 0.25) is 0 Å². The van der Waals surface area contributed by atoms with Gasteiger partial charge in [0.1, 0.15) is 0 Å². The van der Waals surface area contributed by atoms with Crippen LogP contribution in [0.15, 0.2) is 48.5 Å². The minimum Gasteiger partial charge on any atom is -0.481 e. The summed E-state index contributed by atoms with van der Waals surface area (Å²) in [4.78, 5) is 11.9. The van der Waals surface area contributed by atoms with Crippen LogP contribution >= 0.6 is 0 Å². The quantitative estimate of drug-likeness (QED) is 0.868. The van der Waals surface area contributed by atoms with Crippen molar-refractivity contribution in [1.29, 1.82) is 0 Å². The molecule has 0 saturated carbocycles. The number of carboxylic acid groups (broad SMARTS) is 1. The van der Waals surface area contributed by atoms with Gasteiger partial charge in [0, 0.05) is 0 Å². The van der Waals surface area contributed by atoms with E-state index in [0.29, 0.717) is 12.3 Å². The van der Waals surface area contributed by atoms with Crippen molar-refractivity contribution in [2.45, 2.75) is 45.4 Å². The molecule has 2 rings (SSSR count). The van der Waals surface area contributed by atoms with Crippen LogP contribution in [0.3, 0.4) is 0 Å². The van der Waals surface area contributed by atoms with Gasteiger partial charge in [0.05, 0.1) is 5.41 Å². The Balaban J connectivity index is 2.32. The molecule has 0 spiro atoms. The Kier molecular flexibility index (Phi) is 4.70. The number of hydrogen-bond acceptors (Lipinski definition) is 1. The topological polar surface area (TPSA) is 37.3 Å². The summed E-state index contributed by atoms with van der Waals surface area (Å²) < 4.78 is 0. The van der Waals surface area contributed by atoms with E-state index in [4.69, 9.17) is 0 Å². The van der Waals surface area contributed by atoms with Gasteiger partial charge in [-0.2, -0.15) is 0 Å². The molecule has 1 unspecified atom stereocenters. The second-order valence-corrected chi connectivity index (χ2v) is 6.58. The van der Waals surface area contributed by atoms with Crippen LogP contribution in [0.2, 0.25) is 0 Å². The lowest BCUT2D eigenvalue weighted by Crippen LogP contribution is -2.34. The largest absolute Gasteiger partial charge is 0.481 e. The zero-order chi connectivity index (χ0) is 16.3. The maximum atomic E-state index is 11.9. The van der Waals surface area contributed by atoms with Crippen LogP contribution in [0.25, 0.3) is 0 Å². The molecule has 0 aliphatic heterocycles. The second kappa shape index (κ2) is 6.35. The Bertz CT molecular complexity index is 638. The van der Waals surface area contributed by atoms with Crippen LogP contribution in [-0.4, -0.2) is 11.1 Å². The number of aliphatic carboxylic acids is 1. The zero-order valence-corrected chi connectivity index (χ0v) is 13.8. The summed E-state index contributed by atoms with van der Waals surface area (Å²) in [5.74, 6) is -0.304. The molecular formula is C20H24O2. The number of aryl methyl sites for hydroxylation is 1. The van der Waals surface area contributed by atoms with Crippen molar-refractivity contribution < 1.29 is 9.90 Å². The normalized spacial score (nSPS) is 13.9. The SMILES string of the molecule is Cc1ccc(C(C)(Cc2ccc(C(C)C)cc2)C(=O)O)cc1. The fourth-order valence-corrected chi connectivity index (χ4v) is 2.65. The van der Waals surface area contributed by atoms with E-state index in [1.807, 2.05) is 43.3 Å². The molecule has 0 radical (unpaired) electrons. The van der Waals surface area contributed by atoms with Crippen LogP contribution in [0.5, 0.6) is 0 Å². The van der Waals surface area contributed by atoms with Gasteiger partial charge in [-0.1, -0.05) is 67.9 Å². The molecule has 0 bridgehead atoms. The average molecular weight is 296 g/mol. The molecule has 0 aliphatic rings. The van der Waals surface area contributed by atoms with E-state index in [-0.39, 0.29) is 0 Å². The van der Waals surface area contributed by atoms with E-state index < -0.39 is 11.4 Å². The first-order chi connectivity index (χ1) is 10.3. The molecule has 0 amide bonds. The maximum Gasteiger partial charge on any atom is 0.314 e. The first-order valence-electron chi connectivity index (χ1n) is 7.72. The minimum atomic E-state index is -0.910. The Hall–Kier alpha value is -2.09. The van der Waals surface area contributed by atoms with Crippen molar-refractivity contribution >= 4 is 5.97 Å². The molecule has 2 aromatic rings. The minimum absolute atomic E-state index is 0.483. The van der Waals surface area contributed by atoms with Crippen LogP contribution in [0.1, 0.15) is 48.9 Å². The smallest absolute Gasteiger partial charge is 0.314 e. The third-order valence-corrected chi connectivity index (χ3v) is 4.36. The Morgan fingerprint density at radius 3 is 2.05 bits per heavy atom. The highest BCUT2D eigenvalue weighted by Gasteiger charge is 2.35. The highest BCUT2D eigenvalue weighted by Crippen LogP contribution is 2.29. The van der Waals surface area contributed by atoms with Crippen molar-refractivity contribution in [2.75, 3.05) is 0 Å². The molecule has 22 heavy (non-hydrogen) atoms. The number of carboxylic acids is 1. The molecule has 0 aliphatic carbocycles. The number of rotatable bonds is 5. The van der Waals surface area contributed by atoms with E-state index in [2.05, 4.69) is 26.0 Å². The van der Waals surface area contributed by atoms with Gasteiger partial charge in [-0.15, -0.1) is 0 Å². The third kappa shape index (κ3) is 3.38. The molecule has 116 valence electrons. The third-order valence-electron chi connectivity index (χ3n) is 4.36. The van der Waals surface area contributed by atoms with Gasteiger partial charge in [0.25, 0.3) is 0 Å². The van der Waals surface area contributed by atoms with E-state index >= 15 is 0 Å². The van der Waals surface area contributed by atoms with E-state index in [9.17, 15) is 9.90 Å². The van der Waals surface area contributed by atoms with Crippen LogP contribution < -0.4 is 0 Å². The summed E-state index contributed by atoms with van der Waals surface area (Å²) in [5.41, 5.74) is 3.40. The van der Waals surface area contributed by atoms with Crippen molar-refractivity contribution in [3.63, 3.8) is 0 Å². The first kappa shape index (κ1) is 16.3. The average Bonchev–Trinajstić information content (AvgIpc) is 2.48. The second-order valence-electron chi connectivity index (χ2n) is 6.58. The van der Waals surface area contributed by atoms with E-state index in [1.54, 1.807) is 6.92 Å². The van der Waals surface area contributed by atoms with Crippen molar-refractivity contribution in [3.05, 3.63) is 70.8 Å². The maximum absolute atomic E-state index is 11.9. The molecule has 0 aromatic heterocycles. The van der Waals surface area contributed by atoms with Crippen molar-refractivity contribution in [3.8, 4) is 0 Å². The summed E-state index contributed by atoms with van der Waals surface area (Å²) in [6.07, 6.45) is 0.490. The molecule has 2 nitrogen and oxygen atoms in total. The lowest BCUT2D eigenvalue weighted by molar-refractivity contribution is -0.143. The van der Waals surface area contributed by atoms with E-state index in [0.717, 1.165) is 16.7 Å².